The molecule has 0 aliphatic heterocycles. The number of hydrogen-bond acceptors (Lipinski definition) is 2. The molecular formula is C57H38N4. The summed E-state index contributed by atoms with van der Waals surface area (Å²) < 4.78 is 4.73. The Bertz CT molecular complexity index is 3790. The third-order valence-corrected chi connectivity index (χ3v) is 13.3. The van der Waals surface area contributed by atoms with Gasteiger partial charge in [0.2, 0.25) is 5.95 Å². The van der Waals surface area contributed by atoms with Crippen LogP contribution < -0.4 is 0 Å². The molecule has 0 radical (unpaired) electrons. The lowest BCUT2D eigenvalue weighted by molar-refractivity contribution is 0.660. The molecule has 286 valence electrons. The highest BCUT2D eigenvalue weighted by Crippen LogP contribution is 2.50. The fraction of sp³-hybridized carbons (Fsp3) is 0.0526. The number of aromatic nitrogens is 4. The van der Waals surface area contributed by atoms with E-state index in [0.29, 0.717) is 5.95 Å². The molecule has 9 aromatic carbocycles. The largest absolute Gasteiger partial charge is 0.309 e. The van der Waals surface area contributed by atoms with Crippen molar-refractivity contribution >= 4 is 65.3 Å². The number of benzene rings is 9. The van der Waals surface area contributed by atoms with Gasteiger partial charge in [0.05, 0.1) is 33.3 Å². The molecule has 0 saturated heterocycles. The summed E-state index contributed by atoms with van der Waals surface area (Å²) in [5.74, 6) is 0.657. The lowest BCUT2D eigenvalue weighted by Crippen LogP contribution is -2.15. The molecule has 0 saturated carbocycles. The standard InChI is InChI=1S/C57H38N4/c1-57(2)47-24-12-8-19-39(47)40-30-29-37(33-48(40)57)60-50-26-14-10-20-41(50)46-32-36(28-31-52(46)60)45-34-53-54(42-21-7-6-18-38(42)45)44-23-11-15-27-51(44)61(53)56-58-49-25-13-9-22-43(49)55(59-56)35-16-4-3-5-17-35/h3-34H,1-2H3. The number of nitrogens with zero attached hydrogens (tertiary/aromatic N) is 4. The first-order chi connectivity index (χ1) is 30.0. The van der Waals surface area contributed by atoms with E-state index < -0.39 is 0 Å². The second-order valence-electron chi connectivity index (χ2n) is 17.0. The average Bonchev–Trinajstić information content (AvgIpc) is 3.91. The molecule has 13 rings (SSSR count). The molecule has 0 bridgehead atoms. The zero-order chi connectivity index (χ0) is 40.4. The monoisotopic (exact) mass is 778 g/mol. The zero-order valence-electron chi connectivity index (χ0n) is 33.8. The number of rotatable bonds is 4. The molecule has 0 amide bonds. The highest BCUT2D eigenvalue weighted by atomic mass is 15.2. The molecule has 4 nitrogen and oxygen atoms in total. The van der Waals surface area contributed by atoms with Gasteiger partial charge < -0.3 is 4.57 Å². The van der Waals surface area contributed by atoms with E-state index in [1.165, 1.54) is 82.4 Å². The van der Waals surface area contributed by atoms with E-state index in [4.69, 9.17) is 9.97 Å². The van der Waals surface area contributed by atoms with Crippen LogP contribution in [0.5, 0.6) is 0 Å². The molecule has 61 heavy (non-hydrogen) atoms. The number of fused-ring (bicyclic) bond motifs is 12. The normalized spacial score (nSPS) is 13.2. The van der Waals surface area contributed by atoms with Crippen LogP contribution in [-0.4, -0.2) is 19.1 Å². The smallest absolute Gasteiger partial charge is 0.235 e. The minimum atomic E-state index is -0.0863. The second kappa shape index (κ2) is 12.6. The van der Waals surface area contributed by atoms with Crippen molar-refractivity contribution in [3.8, 4) is 45.1 Å². The van der Waals surface area contributed by atoms with Crippen LogP contribution in [0.15, 0.2) is 194 Å². The third kappa shape index (κ3) is 4.82. The quantitative estimate of drug-likeness (QED) is 0.178. The Kier molecular flexibility index (Phi) is 7.04. The van der Waals surface area contributed by atoms with Gasteiger partial charge in [0.1, 0.15) is 0 Å². The predicted molar refractivity (Wildman–Crippen MR) is 254 cm³/mol. The van der Waals surface area contributed by atoms with Crippen LogP contribution in [0.3, 0.4) is 0 Å². The van der Waals surface area contributed by atoms with E-state index in [1.54, 1.807) is 0 Å². The summed E-state index contributed by atoms with van der Waals surface area (Å²) in [4.78, 5) is 10.7. The van der Waals surface area contributed by atoms with Crippen LogP contribution in [0.2, 0.25) is 0 Å². The van der Waals surface area contributed by atoms with Crippen molar-refractivity contribution in [3.05, 3.63) is 205 Å². The van der Waals surface area contributed by atoms with Crippen LogP contribution in [0.4, 0.5) is 0 Å². The van der Waals surface area contributed by atoms with Crippen molar-refractivity contribution in [1.29, 1.82) is 0 Å². The Labute approximate surface area is 352 Å². The van der Waals surface area contributed by atoms with Gasteiger partial charge in [-0.05, 0) is 92.7 Å². The van der Waals surface area contributed by atoms with Gasteiger partial charge in [0, 0.05) is 43.6 Å². The average molecular weight is 779 g/mol. The van der Waals surface area contributed by atoms with Crippen LogP contribution in [-0.2, 0) is 5.41 Å². The summed E-state index contributed by atoms with van der Waals surface area (Å²) in [7, 11) is 0. The van der Waals surface area contributed by atoms with E-state index in [1.807, 2.05) is 0 Å². The van der Waals surface area contributed by atoms with Crippen molar-refractivity contribution < 1.29 is 0 Å². The second-order valence-corrected chi connectivity index (χ2v) is 17.0. The highest BCUT2D eigenvalue weighted by molar-refractivity contribution is 6.24. The fourth-order valence-electron chi connectivity index (χ4n) is 10.5. The van der Waals surface area contributed by atoms with Crippen LogP contribution in [0, 0.1) is 0 Å². The van der Waals surface area contributed by atoms with Crippen LogP contribution >= 0.6 is 0 Å². The Morgan fingerprint density at radius 1 is 0.377 bits per heavy atom. The summed E-state index contributed by atoms with van der Waals surface area (Å²) in [5, 5.41) is 8.30. The highest BCUT2D eigenvalue weighted by Gasteiger charge is 2.35. The van der Waals surface area contributed by atoms with Crippen molar-refractivity contribution in [2.75, 3.05) is 0 Å². The van der Waals surface area contributed by atoms with E-state index >= 15 is 0 Å². The molecule has 0 atom stereocenters. The molecule has 1 aliphatic carbocycles. The SMILES string of the molecule is CC1(C)c2ccccc2-c2ccc(-n3c4ccccc4c4cc(-c5cc6c(c7ccccc57)c5ccccc5n6-c5nc(-c6ccccc6)c6ccccc6n5)ccc43)cc21. The molecule has 1 aliphatic rings. The van der Waals surface area contributed by atoms with Gasteiger partial charge in [0.25, 0.3) is 0 Å². The first-order valence-electron chi connectivity index (χ1n) is 21.1. The van der Waals surface area contributed by atoms with Gasteiger partial charge in [-0.15, -0.1) is 0 Å². The van der Waals surface area contributed by atoms with Gasteiger partial charge in [-0.25, -0.2) is 9.97 Å². The van der Waals surface area contributed by atoms with Crippen molar-refractivity contribution in [2.45, 2.75) is 19.3 Å². The van der Waals surface area contributed by atoms with E-state index in [-0.39, 0.29) is 5.41 Å². The van der Waals surface area contributed by atoms with Crippen molar-refractivity contribution in [1.82, 2.24) is 19.1 Å². The lowest BCUT2D eigenvalue weighted by Gasteiger charge is -2.22. The molecule has 0 unspecified atom stereocenters. The maximum absolute atomic E-state index is 5.39. The molecule has 3 heterocycles. The Hall–Kier alpha value is -7.82. The minimum Gasteiger partial charge on any atom is -0.309 e. The maximum Gasteiger partial charge on any atom is 0.235 e. The molecule has 0 N–H and O–H groups in total. The fourth-order valence-corrected chi connectivity index (χ4v) is 10.5. The molecule has 0 fully saturated rings. The molecule has 12 aromatic rings. The summed E-state index contributed by atoms with van der Waals surface area (Å²) in [6, 6.07) is 70.5. The minimum absolute atomic E-state index is 0.0863. The molecule has 3 aromatic heterocycles. The van der Waals surface area contributed by atoms with E-state index in [0.717, 1.165) is 33.2 Å². The third-order valence-electron chi connectivity index (χ3n) is 13.3. The maximum atomic E-state index is 5.39. The predicted octanol–water partition coefficient (Wildman–Crippen LogP) is 14.6. The number of para-hydroxylation sites is 3. The molecule has 0 spiro atoms. The summed E-state index contributed by atoms with van der Waals surface area (Å²) in [6.07, 6.45) is 0. The summed E-state index contributed by atoms with van der Waals surface area (Å²) in [5.41, 5.74) is 16.3. The van der Waals surface area contributed by atoms with Crippen molar-refractivity contribution in [2.24, 2.45) is 0 Å². The van der Waals surface area contributed by atoms with E-state index in [9.17, 15) is 0 Å². The molecule has 4 heteroatoms. The van der Waals surface area contributed by atoms with Gasteiger partial charge in [-0.3, -0.25) is 4.57 Å². The number of hydrogen-bond donors (Lipinski definition) is 0. The van der Waals surface area contributed by atoms with Crippen LogP contribution in [0.25, 0.3) is 110 Å². The van der Waals surface area contributed by atoms with Gasteiger partial charge in [-0.2, -0.15) is 0 Å². The van der Waals surface area contributed by atoms with Gasteiger partial charge >= 0.3 is 0 Å². The zero-order valence-corrected chi connectivity index (χ0v) is 33.8. The van der Waals surface area contributed by atoms with Gasteiger partial charge in [-0.1, -0.05) is 159 Å². The Morgan fingerprint density at radius 3 is 1.85 bits per heavy atom. The summed E-state index contributed by atoms with van der Waals surface area (Å²) in [6.45, 7) is 4.71. The van der Waals surface area contributed by atoms with E-state index in [2.05, 4.69) is 217 Å². The topological polar surface area (TPSA) is 35.6 Å². The van der Waals surface area contributed by atoms with Crippen molar-refractivity contribution in [3.63, 3.8) is 0 Å². The first-order valence-corrected chi connectivity index (χ1v) is 21.1. The van der Waals surface area contributed by atoms with Crippen LogP contribution in [0.1, 0.15) is 25.0 Å². The first kappa shape index (κ1) is 34.1. The molecular weight excluding hydrogens is 741 g/mol. The summed E-state index contributed by atoms with van der Waals surface area (Å²) >= 11 is 0. The lowest BCUT2D eigenvalue weighted by atomic mass is 9.82. The van der Waals surface area contributed by atoms with Gasteiger partial charge in [0.15, 0.2) is 0 Å². The Morgan fingerprint density at radius 2 is 1.02 bits per heavy atom. The Balaban J connectivity index is 1.06.